The third-order valence-corrected chi connectivity index (χ3v) is 4.06. The van der Waals surface area contributed by atoms with Crippen LogP contribution < -0.4 is 11.1 Å². The first-order valence-electron chi connectivity index (χ1n) is 8.46. The van der Waals surface area contributed by atoms with Gasteiger partial charge in [0.15, 0.2) is 0 Å². The first-order valence-corrected chi connectivity index (χ1v) is 8.46. The van der Waals surface area contributed by atoms with Crippen molar-refractivity contribution < 1.29 is 14.6 Å². The Kier molecular flexibility index (Phi) is 6.21. The minimum absolute atomic E-state index is 0.396. The Bertz CT molecular complexity index is 530. The van der Waals surface area contributed by atoms with Crippen LogP contribution in [-0.2, 0) is 11.2 Å². The van der Waals surface area contributed by atoms with Crippen LogP contribution in [0.15, 0.2) is 30.3 Å². The Morgan fingerprint density at radius 3 is 2.71 bits per heavy atom. The normalized spacial score (nSPS) is 21.2. The molecular weight excluding hydrogens is 306 g/mol. The number of rotatable bonds is 4. The molecule has 0 spiro atoms. The molecule has 1 heterocycles. The summed E-state index contributed by atoms with van der Waals surface area (Å²) in [6.07, 6.45) is -0.675. The number of aliphatic hydroxyl groups is 1. The van der Waals surface area contributed by atoms with Crippen molar-refractivity contribution in [1.82, 2.24) is 10.2 Å². The summed E-state index contributed by atoms with van der Waals surface area (Å²) in [5, 5.41) is 13.9. The molecule has 1 amide bonds. The van der Waals surface area contributed by atoms with Crippen molar-refractivity contribution in [2.24, 2.45) is 5.73 Å². The summed E-state index contributed by atoms with van der Waals surface area (Å²) in [6, 6.07) is 8.96. The highest BCUT2D eigenvalue weighted by atomic mass is 16.6. The number of carbonyl (C=O) groups excluding carboxylic acids is 1. The maximum atomic E-state index is 12.4. The fraction of sp³-hybridized carbons (Fsp3) is 0.611. The largest absolute Gasteiger partial charge is 0.444 e. The van der Waals surface area contributed by atoms with Crippen molar-refractivity contribution in [3.8, 4) is 0 Å². The SMILES string of the molecule is CC(C)(C)OC(=O)N1CCNCC1C(O)C(N)Cc1ccccc1. The summed E-state index contributed by atoms with van der Waals surface area (Å²) in [6.45, 7) is 7.17. The van der Waals surface area contributed by atoms with Gasteiger partial charge in [-0.05, 0) is 32.8 Å². The molecule has 0 aromatic heterocycles. The number of piperazine rings is 1. The van der Waals surface area contributed by atoms with Crippen molar-refractivity contribution >= 4 is 6.09 Å². The number of nitrogens with zero attached hydrogens (tertiary/aromatic N) is 1. The Morgan fingerprint density at radius 2 is 2.08 bits per heavy atom. The minimum Gasteiger partial charge on any atom is -0.444 e. The van der Waals surface area contributed by atoms with Gasteiger partial charge in [-0.15, -0.1) is 0 Å². The van der Waals surface area contributed by atoms with Crippen molar-refractivity contribution in [3.05, 3.63) is 35.9 Å². The van der Waals surface area contributed by atoms with Crippen molar-refractivity contribution in [2.45, 2.75) is 51.0 Å². The molecule has 6 nitrogen and oxygen atoms in total. The van der Waals surface area contributed by atoms with Crippen LogP contribution in [0.4, 0.5) is 4.79 Å². The number of aliphatic hydroxyl groups excluding tert-OH is 1. The predicted molar refractivity (Wildman–Crippen MR) is 93.7 cm³/mol. The number of hydrogen-bond acceptors (Lipinski definition) is 5. The molecular formula is C18H29N3O3. The molecule has 1 aliphatic rings. The van der Waals surface area contributed by atoms with Crippen LogP contribution in [0.3, 0.4) is 0 Å². The van der Waals surface area contributed by atoms with Gasteiger partial charge in [-0.2, -0.15) is 0 Å². The van der Waals surface area contributed by atoms with Crippen LogP contribution in [0, 0.1) is 0 Å². The molecule has 0 radical (unpaired) electrons. The van der Waals surface area contributed by atoms with Gasteiger partial charge in [-0.25, -0.2) is 4.79 Å². The number of nitrogens with one attached hydrogen (secondary N) is 1. The number of carbonyl (C=O) groups is 1. The van der Waals surface area contributed by atoms with E-state index in [-0.39, 0.29) is 0 Å². The molecule has 1 aliphatic heterocycles. The monoisotopic (exact) mass is 335 g/mol. The number of amides is 1. The highest BCUT2D eigenvalue weighted by Gasteiger charge is 2.37. The van der Waals surface area contributed by atoms with Crippen LogP contribution in [-0.4, -0.2) is 59.5 Å². The van der Waals surface area contributed by atoms with Crippen LogP contribution >= 0.6 is 0 Å². The van der Waals surface area contributed by atoms with Crippen LogP contribution in [0.1, 0.15) is 26.3 Å². The van der Waals surface area contributed by atoms with Gasteiger partial charge in [0.2, 0.25) is 0 Å². The smallest absolute Gasteiger partial charge is 0.410 e. The lowest BCUT2D eigenvalue weighted by atomic mass is 9.95. The molecule has 4 N–H and O–H groups in total. The third kappa shape index (κ3) is 5.19. The molecule has 1 aromatic rings. The van der Waals surface area contributed by atoms with E-state index in [1.54, 1.807) is 4.90 Å². The second kappa shape index (κ2) is 7.96. The number of benzene rings is 1. The van der Waals surface area contributed by atoms with Crippen molar-refractivity contribution in [1.29, 1.82) is 0 Å². The van der Waals surface area contributed by atoms with Crippen LogP contribution in [0.25, 0.3) is 0 Å². The highest BCUT2D eigenvalue weighted by Crippen LogP contribution is 2.17. The average Bonchev–Trinajstić information content (AvgIpc) is 2.53. The average molecular weight is 335 g/mol. The standard InChI is InChI=1S/C18H29N3O3/c1-18(2,3)24-17(23)21-10-9-20-12-15(21)16(22)14(19)11-13-7-5-4-6-8-13/h4-8,14-16,20,22H,9-12,19H2,1-3H3. The molecule has 3 atom stereocenters. The molecule has 0 aliphatic carbocycles. The minimum atomic E-state index is -0.828. The lowest BCUT2D eigenvalue weighted by Gasteiger charge is -2.40. The number of hydrogen-bond donors (Lipinski definition) is 3. The van der Waals surface area contributed by atoms with Gasteiger partial charge in [0.1, 0.15) is 5.60 Å². The highest BCUT2D eigenvalue weighted by molar-refractivity contribution is 5.69. The molecule has 0 bridgehead atoms. The zero-order valence-corrected chi connectivity index (χ0v) is 14.7. The Morgan fingerprint density at radius 1 is 1.42 bits per heavy atom. The molecule has 24 heavy (non-hydrogen) atoms. The van der Waals surface area contributed by atoms with E-state index in [1.807, 2.05) is 51.1 Å². The van der Waals surface area contributed by atoms with E-state index < -0.39 is 29.9 Å². The number of ether oxygens (including phenoxy) is 1. The molecule has 1 aromatic carbocycles. The molecule has 2 rings (SSSR count). The van der Waals surface area contributed by atoms with Gasteiger partial charge in [0.25, 0.3) is 0 Å². The van der Waals surface area contributed by atoms with E-state index in [2.05, 4.69) is 5.32 Å². The lowest BCUT2D eigenvalue weighted by Crippen LogP contribution is -2.62. The molecule has 3 unspecified atom stereocenters. The first kappa shape index (κ1) is 18.7. The van der Waals surface area contributed by atoms with Crippen LogP contribution in [0.2, 0.25) is 0 Å². The van der Waals surface area contributed by atoms with Gasteiger partial charge < -0.3 is 20.9 Å². The van der Waals surface area contributed by atoms with Gasteiger partial charge in [0, 0.05) is 25.7 Å². The Labute approximate surface area is 144 Å². The third-order valence-electron chi connectivity index (χ3n) is 4.06. The van der Waals surface area contributed by atoms with E-state index in [0.717, 1.165) is 5.56 Å². The summed E-state index contributed by atoms with van der Waals surface area (Å²) < 4.78 is 5.46. The van der Waals surface area contributed by atoms with E-state index in [4.69, 9.17) is 10.5 Å². The summed E-state index contributed by atoms with van der Waals surface area (Å²) >= 11 is 0. The van der Waals surface area contributed by atoms with Crippen molar-refractivity contribution in [2.75, 3.05) is 19.6 Å². The van der Waals surface area contributed by atoms with Gasteiger partial charge in [-0.1, -0.05) is 30.3 Å². The van der Waals surface area contributed by atoms with Gasteiger partial charge in [-0.3, -0.25) is 4.90 Å². The second-order valence-electron chi connectivity index (χ2n) is 7.29. The molecule has 6 heteroatoms. The number of nitrogens with two attached hydrogens (primary N) is 1. The summed E-state index contributed by atoms with van der Waals surface area (Å²) in [7, 11) is 0. The van der Waals surface area contributed by atoms with E-state index in [9.17, 15) is 9.90 Å². The topological polar surface area (TPSA) is 87.8 Å². The predicted octanol–water partition coefficient (Wildman–Crippen LogP) is 1.13. The fourth-order valence-corrected chi connectivity index (χ4v) is 2.87. The van der Waals surface area contributed by atoms with Crippen molar-refractivity contribution in [3.63, 3.8) is 0 Å². The van der Waals surface area contributed by atoms with Gasteiger partial charge >= 0.3 is 6.09 Å². The van der Waals surface area contributed by atoms with E-state index in [1.165, 1.54) is 0 Å². The quantitative estimate of drug-likeness (QED) is 0.768. The molecule has 0 saturated carbocycles. The first-order chi connectivity index (χ1) is 11.3. The summed E-state index contributed by atoms with van der Waals surface area (Å²) in [5.41, 5.74) is 6.71. The molecule has 1 fully saturated rings. The molecule has 1 saturated heterocycles. The Balaban J connectivity index is 2.04. The lowest BCUT2D eigenvalue weighted by molar-refractivity contribution is -0.0174. The zero-order chi connectivity index (χ0) is 17.7. The fourth-order valence-electron chi connectivity index (χ4n) is 2.87. The zero-order valence-electron chi connectivity index (χ0n) is 14.7. The van der Waals surface area contributed by atoms with Gasteiger partial charge in [0.05, 0.1) is 12.1 Å². The van der Waals surface area contributed by atoms with E-state index >= 15 is 0 Å². The second-order valence-corrected chi connectivity index (χ2v) is 7.29. The van der Waals surface area contributed by atoms with Crippen LogP contribution in [0.5, 0.6) is 0 Å². The molecule has 134 valence electrons. The maximum Gasteiger partial charge on any atom is 0.410 e. The summed E-state index contributed by atoms with van der Waals surface area (Å²) in [4.78, 5) is 14.0. The Hall–Kier alpha value is -1.63. The maximum absolute atomic E-state index is 12.4. The summed E-state index contributed by atoms with van der Waals surface area (Å²) in [5.74, 6) is 0. The van der Waals surface area contributed by atoms with E-state index in [0.29, 0.717) is 26.1 Å².